The quantitative estimate of drug-likeness (QED) is 0.405. The van der Waals surface area contributed by atoms with Gasteiger partial charge in [0.1, 0.15) is 6.61 Å². The molecular formula is C28H36N2O5. The van der Waals surface area contributed by atoms with Crippen molar-refractivity contribution in [1.29, 1.82) is 0 Å². The first-order valence-electron chi connectivity index (χ1n) is 12.3. The minimum Gasteiger partial charge on any atom is -0.481 e. The number of benzene rings is 2. The van der Waals surface area contributed by atoms with Crippen LogP contribution >= 0.6 is 0 Å². The lowest BCUT2D eigenvalue weighted by Gasteiger charge is -2.20. The molecule has 0 saturated heterocycles. The highest BCUT2D eigenvalue weighted by Crippen LogP contribution is 2.44. The number of amides is 2. The van der Waals surface area contributed by atoms with Gasteiger partial charge in [0.2, 0.25) is 5.91 Å². The monoisotopic (exact) mass is 480 g/mol. The maximum atomic E-state index is 12.5. The molecule has 0 heterocycles. The van der Waals surface area contributed by atoms with E-state index in [0.29, 0.717) is 25.4 Å². The number of carbonyl (C=O) groups is 3. The Hall–Kier alpha value is -3.35. The molecule has 0 spiro atoms. The van der Waals surface area contributed by atoms with E-state index < -0.39 is 18.0 Å². The zero-order valence-corrected chi connectivity index (χ0v) is 20.8. The molecule has 2 atom stereocenters. The van der Waals surface area contributed by atoms with Crippen LogP contribution in [-0.2, 0) is 14.3 Å². The summed E-state index contributed by atoms with van der Waals surface area (Å²) >= 11 is 0. The summed E-state index contributed by atoms with van der Waals surface area (Å²) in [4.78, 5) is 35.8. The van der Waals surface area contributed by atoms with Gasteiger partial charge >= 0.3 is 12.1 Å². The molecule has 2 aromatic rings. The Balaban J connectivity index is 1.49. The molecular weight excluding hydrogens is 444 g/mol. The fourth-order valence-electron chi connectivity index (χ4n) is 4.67. The third-order valence-corrected chi connectivity index (χ3v) is 6.48. The van der Waals surface area contributed by atoms with Crippen molar-refractivity contribution in [2.24, 2.45) is 17.8 Å². The molecule has 0 saturated carbocycles. The van der Waals surface area contributed by atoms with Gasteiger partial charge in [0.05, 0.1) is 5.92 Å². The number of carbonyl (C=O) groups excluding carboxylic acids is 2. The lowest BCUT2D eigenvalue weighted by atomic mass is 9.93. The summed E-state index contributed by atoms with van der Waals surface area (Å²) in [6, 6.07) is 16.4. The molecule has 7 nitrogen and oxygen atoms in total. The summed E-state index contributed by atoms with van der Waals surface area (Å²) in [6.07, 6.45) is 0.941. The van der Waals surface area contributed by atoms with Crippen LogP contribution in [0.3, 0.4) is 0 Å². The Kier molecular flexibility index (Phi) is 9.29. The fourth-order valence-corrected chi connectivity index (χ4v) is 4.67. The number of aliphatic carboxylic acids is 1. The second kappa shape index (κ2) is 12.4. The van der Waals surface area contributed by atoms with Crippen LogP contribution in [0.5, 0.6) is 0 Å². The molecule has 0 aliphatic heterocycles. The SMILES string of the molecule is CC(C)CC(CNC(=O)OCC1c2ccccc2-c2ccccc21)CC(=O)NCCC(C)C(=O)O. The highest BCUT2D eigenvalue weighted by atomic mass is 16.5. The van der Waals surface area contributed by atoms with Crippen LogP contribution in [0.1, 0.15) is 57.1 Å². The van der Waals surface area contributed by atoms with Crippen LogP contribution < -0.4 is 10.6 Å². The summed E-state index contributed by atoms with van der Waals surface area (Å²) < 4.78 is 5.61. The normalized spacial score (nSPS) is 14.1. The number of nitrogens with one attached hydrogen (secondary N) is 2. The molecule has 0 aromatic heterocycles. The van der Waals surface area contributed by atoms with Gasteiger partial charge in [0, 0.05) is 25.4 Å². The number of rotatable bonds is 12. The fraction of sp³-hybridized carbons (Fsp3) is 0.464. The maximum Gasteiger partial charge on any atom is 0.407 e. The average Bonchev–Trinajstić information content (AvgIpc) is 3.14. The Bertz CT molecular complexity index is 990. The largest absolute Gasteiger partial charge is 0.481 e. The van der Waals surface area contributed by atoms with Crippen molar-refractivity contribution in [3.8, 4) is 11.1 Å². The van der Waals surface area contributed by atoms with E-state index in [4.69, 9.17) is 9.84 Å². The maximum absolute atomic E-state index is 12.5. The van der Waals surface area contributed by atoms with E-state index in [2.05, 4.69) is 48.7 Å². The van der Waals surface area contributed by atoms with Gasteiger partial charge in [-0.2, -0.15) is 0 Å². The molecule has 3 rings (SSSR count). The smallest absolute Gasteiger partial charge is 0.407 e. The Morgan fingerprint density at radius 2 is 1.54 bits per heavy atom. The van der Waals surface area contributed by atoms with Gasteiger partial charge in [0.15, 0.2) is 0 Å². The average molecular weight is 481 g/mol. The summed E-state index contributed by atoms with van der Waals surface area (Å²) in [7, 11) is 0. The van der Waals surface area contributed by atoms with Crippen LogP contribution in [0.2, 0.25) is 0 Å². The second-order valence-corrected chi connectivity index (χ2v) is 9.78. The van der Waals surface area contributed by atoms with E-state index in [1.165, 1.54) is 11.1 Å². The molecule has 0 bridgehead atoms. The molecule has 2 unspecified atom stereocenters. The lowest BCUT2D eigenvalue weighted by molar-refractivity contribution is -0.141. The van der Waals surface area contributed by atoms with Crippen molar-refractivity contribution < 1.29 is 24.2 Å². The topological polar surface area (TPSA) is 105 Å². The van der Waals surface area contributed by atoms with E-state index in [9.17, 15) is 14.4 Å². The number of alkyl carbamates (subject to hydrolysis) is 1. The Morgan fingerprint density at radius 1 is 0.943 bits per heavy atom. The predicted octanol–water partition coefficient (Wildman–Crippen LogP) is 4.80. The lowest BCUT2D eigenvalue weighted by Crippen LogP contribution is -2.35. The van der Waals surface area contributed by atoms with Gasteiger partial charge in [-0.25, -0.2) is 4.79 Å². The van der Waals surface area contributed by atoms with Crippen LogP contribution in [0.15, 0.2) is 48.5 Å². The van der Waals surface area contributed by atoms with Gasteiger partial charge < -0.3 is 20.5 Å². The second-order valence-electron chi connectivity index (χ2n) is 9.78. The van der Waals surface area contributed by atoms with Crippen molar-refractivity contribution in [2.45, 2.75) is 46.0 Å². The van der Waals surface area contributed by atoms with Crippen molar-refractivity contribution in [3.05, 3.63) is 59.7 Å². The van der Waals surface area contributed by atoms with E-state index in [1.54, 1.807) is 6.92 Å². The van der Waals surface area contributed by atoms with E-state index in [0.717, 1.165) is 17.5 Å². The minimum atomic E-state index is -0.871. The first-order chi connectivity index (χ1) is 16.8. The first-order valence-corrected chi connectivity index (χ1v) is 12.3. The van der Waals surface area contributed by atoms with Gasteiger partial charge in [-0.3, -0.25) is 9.59 Å². The standard InChI is InChI=1S/C28H36N2O5/c1-18(2)14-20(15-26(31)29-13-12-19(3)27(32)33)16-30-28(34)35-17-25-23-10-6-4-8-21(23)22-9-5-7-11-24(22)25/h4-11,18-20,25H,12-17H2,1-3H3,(H,29,31)(H,30,34)(H,32,33). The number of hydrogen-bond donors (Lipinski definition) is 3. The Labute approximate surface area is 207 Å². The summed E-state index contributed by atoms with van der Waals surface area (Å²) in [6.45, 7) is 6.68. The van der Waals surface area contributed by atoms with Crippen molar-refractivity contribution in [1.82, 2.24) is 10.6 Å². The molecule has 2 amide bonds. The molecule has 0 radical (unpaired) electrons. The van der Waals surface area contributed by atoms with Crippen LogP contribution in [0, 0.1) is 17.8 Å². The molecule has 7 heteroatoms. The van der Waals surface area contributed by atoms with Crippen LogP contribution in [0.25, 0.3) is 11.1 Å². The minimum absolute atomic E-state index is 0.00131. The van der Waals surface area contributed by atoms with E-state index in [-0.39, 0.29) is 30.8 Å². The van der Waals surface area contributed by atoms with Crippen LogP contribution in [-0.4, -0.2) is 42.8 Å². The third-order valence-electron chi connectivity index (χ3n) is 6.48. The number of carboxylic acid groups (broad SMARTS) is 1. The van der Waals surface area contributed by atoms with E-state index >= 15 is 0 Å². The zero-order chi connectivity index (χ0) is 25.4. The summed E-state index contributed by atoms with van der Waals surface area (Å²) in [5.41, 5.74) is 4.68. The van der Waals surface area contributed by atoms with Gasteiger partial charge in [-0.15, -0.1) is 0 Å². The van der Waals surface area contributed by atoms with Crippen LogP contribution in [0.4, 0.5) is 4.79 Å². The van der Waals surface area contributed by atoms with E-state index in [1.807, 2.05) is 24.3 Å². The molecule has 188 valence electrons. The van der Waals surface area contributed by atoms with Crippen molar-refractivity contribution in [3.63, 3.8) is 0 Å². The molecule has 3 N–H and O–H groups in total. The molecule has 2 aromatic carbocycles. The molecule has 1 aliphatic carbocycles. The number of fused-ring (bicyclic) bond motifs is 3. The highest BCUT2D eigenvalue weighted by molar-refractivity contribution is 5.79. The predicted molar refractivity (Wildman–Crippen MR) is 135 cm³/mol. The van der Waals surface area contributed by atoms with Crippen molar-refractivity contribution in [2.75, 3.05) is 19.7 Å². The number of carboxylic acids is 1. The molecule has 35 heavy (non-hydrogen) atoms. The van der Waals surface area contributed by atoms with Gasteiger partial charge in [-0.05, 0) is 46.9 Å². The summed E-state index contributed by atoms with van der Waals surface area (Å²) in [5, 5.41) is 14.6. The third kappa shape index (κ3) is 7.31. The highest BCUT2D eigenvalue weighted by Gasteiger charge is 2.29. The Morgan fingerprint density at radius 3 is 2.11 bits per heavy atom. The number of hydrogen-bond acceptors (Lipinski definition) is 4. The molecule has 1 aliphatic rings. The zero-order valence-electron chi connectivity index (χ0n) is 20.8. The molecule has 0 fully saturated rings. The first kappa shape index (κ1) is 26.3. The van der Waals surface area contributed by atoms with Gasteiger partial charge in [-0.1, -0.05) is 69.3 Å². The summed E-state index contributed by atoms with van der Waals surface area (Å²) in [5.74, 6) is -1.18. The van der Waals surface area contributed by atoms with Gasteiger partial charge in [0.25, 0.3) is 0 Å². The number of ether oxygens (including phenoxy) is 1. The van der Waals surface area contributed by atoms with Crippen molar-refractivity contribution >= 4 is 18.0 Å².